The molecule has 1 heterocycles. The SMILES string of the molecule is CC1(C)COC(=O)N1C(=O)C=Cc1ccccc1OC(F)(F)F. The first kappa shape index (κ1) is 16.9. The molecular formula is C15H14F3NO4. The van der Waals surface area contributed by atoms with E-state index in [0.717, 1.165) is 23.1 Å². The molecule has 0 atom stereocenters. The normalized spacial score (nSPS) is 17.4. The van der Waals surface area contributed by atoms with Crippen LogP contribution in [-0.4, -0.2) is 35.4 Å². The van der Waals surface area contributed by atoms with Gasteiger partial charge in [0.25, 0.3) is 5.91 Å². The van der Waals surface area contributed by atoms with Gasteiger partial charge in [-0.05, 0) is 26.0 Å². The van der Waals surface area contributed by atoms with E-state index in [-0.39, 0.29) is 12.2 Å². The van der Waals surface area contributed by atoms with Crippen LogP contribution in [0, 0.1) is 0 Å². The van der Waals surface area contributed by atoms with E-state index in [2.05, 4.69) is 4.74 Å². The van der Waals surface area contributed by atoms with Gasteiger partial charge in [0.15, 0.2) is 0 Å². The number of rotatable bonds is 3. The van der Waals surface area contributed by atoms with Crippen LogP contribution in [0.15, 0.2) is 30.3 Å². The molecule has 0 saturated carbocycles. The Morgan fingerprint density at radius 2 is 2.00 bits per heavy atom. The molecule has 23 heavy (non-hydrogen) atoms. The minimum absolute atomic E-state index is 0.0547. The van der Waals surface area contributed by atoms with E-state index in [1.165, 1.54) is 18.2 Å². The van der Waals surface area contributed by atoms with Crippen molar-refractivity contribution < 1.29 is 32.2 Å². The molecule has 0 bridgehead atoms. The van der Waals surface area contributed by atoms with Gasteiger partial charge in [0.2, 0.25) is 0 Å². The summed E-state index contributed by atoms with van der Waals surface area (Å²) in [5.74, 6) is -1.12. The molecule has 0 N–H and O–H groups in total. The lowest BCUT2D eigenvalue weighted by atomic mass is 10.1. The number of carbonyl (C=O) groups is 2. The number of halogens is 3. The van der Waals surface area contributed by atoms with Gasteiger partial charge >= 0.3 is 12.5 Å². The van der Waals surface area contributed by atoms with E-state index >= 15 is 0 Å². The largest absolute Gasteiger partial charge is 0.573 e. The Hall–Kier alpha value is -2.51. The van der Waals surface area contributed by atoms with Crippen molar-refractivity contribution in [3.63, 3.8) is 0 Å². The standard InChI is InChI=1S/C15H14F3NO4/c1-14(2)9-22-13(21)19(14)12(20)8-7-10-5-3-4-6-11(10)23-15(16,17)18/h3-8H,9H2,1-2H3. The highest BCUT2D eigenvalue weighted by Gasteiger charge is 2.43. The van der Waals surface area contributed by atoms with E-state index in [9.17, 15) is 22.8 Å². The van der Waals surface area contributed by atoms with Crippen LogP contribution in [0.4, 0.5) is 18.0 Å². The molecule has 0 aliphatic carbocycles. The van der Waals surface area contributed by atoms with Crippen molar-refractivity contribution in [3.8, 4) is 5.75 Å². The Kier molecular flexibility index (Phi) is 4.35. The zero-order valence-electron chi connectivity index (χ0n) is 12.4. The summed E-state index contributed by atoms with van der Waals surface area (Å²) in [4.78, 5) is 24.6. The Balaban J connectivity index is 2.21. The first-order chi connectivity index (χ1) is 10.6. The van der Waals surface area contributed by atoms with Crippen LogP contribution in [0.25, 0.3) is 6.08 Å². The molecule has 2 rings (SSSR count). The lowest BCUT2D eigenvalue weighted by Gasteiger charge is -2.24. The van der Waals surface area contributed by atoms with E-state index in [4.69, 9.17) is 4.74 Å². The molecule has 1 aliphatic heterocycles. The molecule has 0 spiro atoms. The van der Waals surface area contributed by atoms with Gasteiger partial charge in [-0.1, -0.05) is 18.2 Å². The van der Waals surface area contributed by atoms with Gasteiger partial charge in [0.1, 0.15) is 12.4 Å². The van der Waals surface area contributed by atoms with Gasteiger partial charge < -0.3 is 9.47 Å². The van der Waals surface area contributed by atoms with Crippen LogP contribution in [-0.2, 0) is 9.53 Å². The number of para-hydroxylation sites is 1. The molecular weight excluding hydrogens is 315 g/mol. The zero-order valence-corrected chi connectivity index (χ0v) is 12.4. The van der Waals surface area contributed by atoms with Gasteiger partial charge in [-0.3, -0.25) is 4.79 Å². The maximum atomic E-state index is 12.3. The maximum Gasteiger partial charge on any atom is 0.573 e. The third-order valence-corrected chi connectivity index (χ3v) is 3.11. The minimum Gasteiger partial charge on any atom is -0.447 e. The second kappa shape index (κ2) is 5.94. The smallest absolute Gasteiger partial charge is 0.447 e. The van der Waals surface area contributed by atoms with Crippen molar-refractivity contribution in [2.75, 3.05) is 6.61 Å². The number of ether oxygens (including phenoxy) is 2. The molecule has 5 nitrogen and oxygen atoms in total. The summed E-state index contributed by atoms with van der Waals surface area (Å²) < 4.78 is 45.7. The van der Waals surface area contributed by atoms with Gasteiger partial charge in [-0.25, -0.2) is 9.69 Å². The minimum atomic E-state index is -4.84. The Bertz CT molecular complexity index is 652. The molecule has 1 saturated heterocycles. The van der Waals surface area contributed by atoms with E-state index < -0.39 is 29.7 Å². The molecule has 1 fully saturated rings. The van der Waals surface area contributed by atoms with Gasteiger partial charge in [-0.2, -0.15) is 0 Å². The second-order valence-corrected chi connectivity index (χ2v) is 5.46. The monoisotopic (exact) mass is 329 g/mol. The number of imide groups is 1. The summed E-state index contributed by atoms with van der Waals surface area (Å²) in [6, 6.07) is 5.37. The van der Waals surface area contributed by atoms with E-state index in [1.54, 1.807) is 13.8 Å². The number of hydrogen-bond acceptors (Lipinski definition) is 4. The number of nitrogens with zero attached hydrogens (tertiary/aromatic N) is 1. The summed E-state index contributed by atoms with van der Waals surface area (Å²) in [5.41, 5.74) is -0.760. The van der Waals surface area contributed by atoms with E-state index in [0.29, 0.717) is 0 Å². The fourth-order valence-corrected chi connectivity index (χ4v) is 2.07. The quantitative estimate of drug-likeness (QED) is 0.798. The summed E-state index contributed by atoms with van der Waals surface area (Å²) >= 11 is 0. The Labute approximate surface area is 130 Å². The van der Waals surface area contributed by atoms with Crippen molar-refractivity contribution in [1.29, 1.82) is 0 Å². The highest BCUT2D eigenvalue weighted by atomic mass is 19.4. The summed E-state index contributed by atoms with van der Waals surface area (Å²) in [6.45, 7) is 3.34. The second-order valence-electron chi connectivity index (χ2n) is 5.46. The van der Waals surface area contributed by atoms with Crippen LogP contribution in [0.5, 0.6) is 5.75 Å². The summed E-state index contributed by atoms with van der Waals surface area (Å²) in [5, 5.41) is 0. The number of hydrogen-bond donors (Lipinski definition) is 0. The number of carbonyl (C=O) groups excluding carboxylic acids is 2. The molecule has 2 amide bonds. The lowest BCUT2D eigenvalue weighted by Crippen LogP contribution is -2.45. The molecule has 124 valence electrons. The number of cyclic esters (lactones) is 1. The molecule has 8 heteroatoms. The van der Waals surface area contributed by atoms with Gasteiger partial charge in [0.05, 0.1) is 5.54 Å². The average molecular weight is 329 g/mol. The lowest BCUT2D eigenvalue weighted by molar-refractivity contribution is -0.274. The first-order valence-corrected chi connectivity index (χ1v) is 6.64. The molecule has 0 unspecified atom stereocenters. The zero-order chi connectivity index (χ0) is 17.3. The predicted octanol–water partition coefficient (Wildman–Crippen LogP) is 3.36. The van der Waals surface area contributed by atoms with Gasteiger partial charge in [0, 0.05) is 11.6 Å². The Morgan fingerprint density at radius 3 is 2.57 bits per heavy atom. The maximum absolute atomic E-state index is 12.3. The molecule has 1 aromatic carbocycles. The molecule has 0 aromatic heterocycles. The average Bonchev–Trinajstić information content (AvgIpc) is 2.69. The number of benzene rings is 1. The molecule has 0 radical (unpaired) electrons. The predicted molar refractivity (Wildman–Crippen MR) is 74.4 cm³/mol. The highest BCUT2D eigenvalue weighted by Crippen LogP contribution is 2.28. The first-order valence-electron chi connectivity index (χ1n) is 6.64. The van der Waals surface area contributed by atoms with Crippen LogP contribution in [0.1, 0.15) is 19.4 Å². The van der Waals surface area contributed by atoms with Crippen LogP contribution >= 0.6 is 0 Å². The fourth-order valence-electron chi connectivity index (χ4n) is 2.07. The third kappa shape index (κ3) is 4.02. The molecule has 1 aliphatic rings. The highest BCUT2D eigenvalue weighted by molar-refractivity contribution is 6.02. The topological polar surface area (TPSA) is 55.8 Å². The van der Waals surface area contributed by atoms with Crippen molar-refractivity contribution in [2.45, 2.75) is 25.7 Å². The third-order valence-electron chi connectivity index (χ3n) is 3.11. The van der Waals surface area contributed by atoms with Gasteiger partial charge in [-0.15, -0.1) is 13.2 Å². The van der Waals surface area contributed by atoms with Crippen molar-refractivity contribution >= 4 is 18.1 Å². The number of alkyl halides is 3. The Morgan fingerprint density at radius 1 is 1.35 bits per heavy atom. The molecule has 1 aromatic rings. The van der Waals surface area contributed by atoms with Crippen molar-refractivity contribution in [2.24, 2.45) is 0 Å². The van der Waals surface area contributed by atoms with E-state index in [1.807, 2.05) is 0 Å². The fraction of sp³-hybridized carbons (Fsp3) is 0.333. The van der Waals surface area contributed by atoms with Crippen molar-refractivity contribution in [1.82, 2.24) is 4.90 Å². The van der Waals surface area contributed by atoms with Crippen LogP contribution in [0.3, 0.4) is 0 Å². The number of amides is 2. The van der Waals surface area contributed by atoms with Crippen LogP contribution < -0.4 is 4.74 Å². The van der Waals surface area contributed by atoms with Crippen LogP contribution in [0.2, 0.25) is 0 Å². The van der Waals surface area contributed by atoms with Crippen molar-refractivity contribution in [3.05, 3.63) is 35.9 Å². The summed E-state index contributed by atoms with van der Waals surface area (Å²) in [7, 11) is 0. The summed E-state index contributed by atoms with van der Waals surface area (Å²) in [6.07, 6.45) is -3.46.